The summed E-state index contributed by atoms with van der Waals surface area (Å²) in [6.07, 6.45) is 0. The first kappa shape index (κ1) is 11.3. The topological polar surface area (TPSA) is 39.2 Å². The summed E-state index contributed by atoms with van der Waals surface area (Å²) >= 11 is 5.98. The second-order valence-corrected chi connectivity index (χ2v) is 4.59. The summed E-state index contributed by atoms with van der Waals surface area (Å²) in [6, 6.07) is 15.6. The lowest BCUT2D eigenvalue weighted by Gasteiger charge is -2.05. The first-order valence-corrected chi connectivity index (χ1v) is 6.13. The third-order valence-corrected chi connectivity index (χ3v) is 3.21. The van der Waals surface area contributed by atoms with E-state index in [1.165, 1.54) is 0 Å². The minimum Gasteiger partial charge on any atom is -0.456 e. The Balaban J connectivity index is 2.19. The minimum atomic E-state index is 0.437. The monoisotopic (exact) mass is 257 g/mol. The molecule has 2 N–H and O–H groups in total. The highest BCUT2D eigenvalue weighted by Gasteiger charge is 2.10. The van der Waals surface area contributed by atoms with Crippen molar-refractivity contribution >= 4 is 22.6 Å². The minimum absolute atomic E-state index is 0.437. The summed E-state index contributed by atoms with van der Waals surface area (Å²) in [5.41, 5.74) is 8.62. The van der Waals surface area contributed by atoms with Gasteiger partial charge in [-0.15, -0.1) is 0 Å². The molecule has 3 rings (SSSR count). The van der Waals surface area contributed by atoms with Gasteiger partial charge in [0.15, 0.2) is 0 Å². The number of hydrogen-bond donors (Lipinski definition) is 1. The van der Waals surface area contributed by atoms with E-state index in [-0.39, 0.29) is 0 Å². The molecular weight excluding hydrogens is 246 g/mol. The molecule has 3 heteroatoms. The highest BCUT2D eigenvalue weighted by Crippen LogP contribution is 2.31. The fraction of sp³-hybridized carbons (Fsp3) is 0.0667. The van der Waals surface area contributed by atoms with E-state index >= 15 is 0 Å². The van der Waals surface area contributed by atoms with Crippen molar-refractivity contribution in [3.63, 3.8) is 0 Å². The zero-order valence-corrected chi connectivity index (χ0v) is 10.4. The van der Waals surface area contributed by atoms with Crippen LogP contribution < -0.4 is 5.73 Å². The van der Waals surface area contributed by atoms with Gasteiger partial charge in [0.1, 0.15) is 11.3 Å². The van der Waals surface area contributed by atoms with Gasteiger partial charge in [-0.25, -0.2) is 0 Å². The normalized spacial score (nSPS) is 11.0. The summed E-state index contributed by atoms with van der Waals surface area (Å²) in [7, 11) is 0. The van der Waals surface area contributed by atoms with Crippen LogP contribution in [0.5, 0.6) is 0 Å². The molecule has 0 fully saturated rings. The van der Waals surface area contributed by atoms with Gasteiger partial charge in [0.05, 0.1) is 0 Å². The van der Waals surface area contributed by atoms with Crippen LogP contribution in [0, 0.1) is 0 Å². The van der Waals surface area contributed by atoms with E-state index in [9.17, 15) is 0 Å². The Hall–Kier alpha value is -1.77. The summed E-state index contributed by atoms with van der Waals surface area (Å²) in [5, 5.41) is 1.78. The molecule has 0 aliphatic rings. The highest BCUT2D eigenvalue weighted by atomic mass is 35.5. The SMILES string of the molecule is NCc1cc(Cl)ccc1-c1cc2ccccc2o1. The fourth-order valence-corrected chi connectivity index (χ4v) is 2.28. The van der Waals surface area contributed by atoms with Crippen molar-refractivity contribution in [3.05, 3.63) is 59.1 Å². The molecule has 0 radical (unpaired) electrons. The van der Waals surface area contributed by atoms with Gasteiger partial charge in [-0.2, -0.15) is 0 Å². The average Bonchev–Trinajstić information content (AvgIpc) is 2.82. The molecule has 0 aliphatic carbocycles. The maximum atomic E-state index is 5.98. The van der Waals surface area contributed by atoms with Crippen LogP contribution in [0.25, 0.3) is 22.3 Å². The van der Waals surface area contributed by atoms with Gasteiger partial charge in [-0.05, 0) is 35.9 Å². The van der Waals surface area contributed by atoms with Gasteiger partial charge >= 0.3 is 0 Å². The van der Waals surface area contributed by atoms with Crippen molar-refractivity contribution in [1.82, 2.24) is 0 Å². The third kappa shape index (κ3) is 1.90. The van der Waals surface area contributed by atoms with Crippen molar-refractivity contribution in [3.8, 4) is 11.3 Å². The summed E-state index contributed by atoms with van der Waals surface area (Å²) in [6.45, 7) is 0.437. The number of hydrogen-bond acceptors (Lipinski definition) is 2. The second kappa shape index (κ2) is 4.48. The smallest absolute Gasteiger partial charge is 0.135 e. The third-order valence-electron chi connectivity index (χ3n) is 2.98. The van der Waals surface area contributed by atoms with Crippen molar-refractivity contribution < 1.29 is 4.42 Å². The molecule has 1 aromatic heterocycles. The Labute approximate surface area is 110 Å². The van der Waals surface area contributed by atoms with E-state index in [2.05, 4.69) is 0 Å². The Morgan fingerprint density at radius 1 is 1.06 bits per heavy atom. The van der Waals surface area contributed by atoms with Gasteiger partial charge in [0.25, 0.3) is 0 Å². The Morgan fingerprint density at radius 2 is 1.89 bits per heavy atom. The number of halogens is 1. The first-order valence-electron chi connectivity index (χ1n) is 5.75. The molecule has 0 amide bonds. The quantitative estimate of drug-likeness (QED) is 0.747. The molecule has 0 aliphatic heterocycles. The molecule has 2 aromatic carbocycles. The Morgan fingerprint density at radius 3 is 2.67 bits per heavy atom. The number of benzene rings is 2. The molecule has 90 valence electrons. The highest BCUT2D eigenvalue weighted by molar-refractivity contribution is 6.30. The molecule has 0 unspecified atom stereocenters. The molecule has 0 saturated carbocycles. The predicted molar refractivity (Wildman–Crippen MR) is 74.6 cm³/mol. The molecule has 3 aromatic rings. The Bertz CT molecular complexity index is 670. The van der Waals surface area contributed by atoms with Gasteiger partial charge < -0.3 is 10.2 Å². The molecule has 0 saturated heterocycles. The number of para-hydroxylation sites is 1. The van der Waals surface area contributed by atoms with Crippen LogP contribution in [0.2, 0.25) is 5.02 Å². The maximum Gasteiger partial charge on any atom is 0.135 e. The van der Waals surface area contributed by atoms with Crippen LogP contribution in [-0.4, -0.2) is 0 Å². The summed E-state index contributed by atoms with van der Waals surface area (Å²) < 4.78 is 5.84. The Kier molecular flexibility index (Phi) is 2.82. The van der Waals surface area contributed by atoms with Crippen LogP contribution >= 0.6 is 11.6 Å². The van der Waals surface area contributed by atoms with E-state index in [1.807, 2.05) is 48.5 Å². The van der Waals surface area contributed by atoms with Crippen molar-refractivity contribution in [2.24, 2.45) is 5.73 Å². The van der Waals surface area contributed by atoms with Gasteiger partial charge in [0.2, 0.25) is 0 Å². The van der Waals surface area contributed by atoms with Crippen molar-refractivity contribution in [2.75, 3.05) is 0 Å². The number of rotatable bonds is 2. The van der Waals surface area contributed by atoms with E-state index < -0.39 is 0 Å². The number of fused-ring (bicyclic) bond motifs is 1. The lowest BCUT2D eigenvalue weighted by Crippen LogP contribution is -1.98. The van der Waals surface area contributed by atoms with Crippen LogP contribution in [0.3, 0.4) is 0 Å². The largest absolute Gasteiger partial charge is 0.456 e. The van der Waals surface area contributed by atoms with E-state index in [0.29, 0.717) is 11.6 Å². The molecule has 18 heavy (non-hydrogen) atoms. The summed E-state index contributed by atoms with van der Waals surface area (Å²) in [4.78, 5) is 0. The zero-order chi connectivity index (χ0) is 12.5. The molecule has 1 heterocycles. The van der Waals surface area contributed by atoms with Crippen LogP contribution in [0.15, 0.2) is 52.9 Å². The molecule has 0 atom stereocenters. The molecular formula is C15H12ClNO. The van der Waals surface area contributed by atoms with Crippen LogP contribution in [0.1, 0.15) is 5.56 Å². The van der Waals surface area contributed by atoms with Crippen LogP contribution in [-0.2, 0) is 6.54 Å². The first-order chi connectivity index (χ1) is 8.78. The standard InChI is InChI=1S/C15H12ClNO/c16-12-5-6-13(11(7-12)9-17)15-8-10-3-1-2-4-14(10)18-15/h1-8H,9,17H2. The molecule has 0 bridgehead atoms. The number of furan rings is 1. The second-order valence-electron chi connectivity index (χ2n) is 4.15. The molecule has 0 spiro atoms. The van der Waals surface area contributed by atoms with Gasteiger partial charge in [-0.1, -0.05) is 29.8 Å². The van der Waals surface area contributed by atoms with Crippen LogP contribution in [0.4, 0.5) is 0 Å². The van der Waals surface area contributed by atoms with Gasteiger partial charge in [-0.3, -0.25) is 0 Å². The van der Waals surface area contributed by atoms with E-state index in [4.69, 9.17) is 21.8 Å². The van der Waals surface area contributed by atoms with Crippen molar-refractivity contribution in [1.29, 1.82) is 0 Å². The molecule has 2 nitrogen and oxygen atoms in total. The van der Waals surface area contributed by atoms with Gasteiger partial charge in [0, 0.05) is 22.5 Å². The summed E-state index contributed by atoms with van der Waals surface area (Å²) in [5.74, 6) is 0.827. The lowest BCUT2D eigenvalue weighted by atomic mass is 10.1. The van der Waals surface area contributed by atoms with Crippen molar-refractivity contribution in [2.45, 2.75) is 6.54 Å². The maximum absolute atomic E-state index is 5.98. The van der Waals surface area contributed by atoms with E-state index in [0.717, 1.165) is 27.9 Å². The van der Waals surface area contributed by atoms with E-state index in [1.54, 1.807) is 0 Å². The predicted octanol–water partition coefficient (Wildman–Crippen LogP) is 4.21. The fourth-order valence-electron chi connectivity index (χ4n) is 2.09. The average molecular weight is 258 g/mol. The zero-order valence-electron chi connectivity index (χ0n) is 9.69. The number of nitrogens with two attached hydrogens (primary N) is 1. The lowest BCUT2D eigenvalue weighted by molar-refractivity contribution is 0.630.